The van der Waals surface area contributed by atoms with Gasteiger partial charge in [0.05, 0.1) is 23.5 Å². The van der Waals surface area contributed by atoms with Gasteiger partial charge in [0, 0.05) is 38.0 Å². The maximum absolute atomic E-state index is 14.3. The van der Waals surface area contributed by atoms with E-state index in [2.05, 4.69) is 61.2 Å². The van der Waals surface area contributed by atoms with Crippen molar-refractivity contribution < 1.29 is 8.78 Å². The Morgan fingerprint density at radius 1 is 0.660 bits per heavy atom. The minimum atomic E-state index is -0.392. The van der Waals surface area contributed by atoms with Crippen LogP contribution in [0.4, 0.5) is 8.78 Å². The Morgan fingerprint density at radius 3 is 1.72 bits per heavy atom. The molecule has 3 aromatic carbocycles. The summed E-state index contributed by atoms with van der Waals surface area (Å²) in [6, 6.07) is 23.1. The van der Waals surface area contributed by atoms with E-state index in [-0.39, 0.29) is 28.8 Å². The van der Waals surface area contributed by atoms with Crippen molar-refractivity contribution >= 4 is 11.0 Å². The summed E-state index contributed by atoms with van der Waals surface area (Å²) in [7, 11) is 0. The van der Waals surface area contributed by atoms with Crippen LogP contribution in [0.5, 0.6) is 0 Å². The van der Waals surface area contributed by atoms with Crippen LogP contribution in [0.1, 0.15) is 42.9 Å². The fraction of sp³-hybridized carbons (Fsp3) is 0.282. The molecule has 0 bridgehead atoms. The molecule has 14 heteroatoms. The normalized spacial score (nSPS) is 20.2. The molecule has 0 spiro atoms. The SMILES string of the molecule is CC1CN(Cc2ccccc2)CC1c1nn2c(-c3ccccc3F)ncc2c(=O)[nH]1.CC1CNCC1c1nn2c(-c3ccccc3F)ncc2c(=O)[nH]1. The van der Waals surface area contributed by atoms with Crippen molar-refractivity contribution in [2.45, 2.75) is 32.2 Å². The molecule has 7 aromatic rings. The van der Waals surface area contributed by atoms with Crippen LogP contribution in [0.3, 0.4) is 0 Å². The van der Waals surface area contributed by atoms with Gasteiger partial charge in [-0.05, 0) is 48.2 Å². The molecule has 2 aliphatic rings. The van der Waals surface area contributed by atoms with Gasteiger partial charge in [-0.3, -0.25) is 14.5 Å². The first kappa shape index (κ1) is 34.2. The van der Waals surface area contributed by atoms with Crippen molar-refractivity contribution in [1.29, 1.82) is 0 Å². The van der Waals surface area contributed by atoms with Crippen molar-refractivity contribution in [3.05, 3.63) is 141 Å². The Bertz CT molecular complexity index is 2530. The number of imidazole rings is 2. The number of halogens is 2. The first-order valence-electron chi connectivity index (χ1n) is 17.7. The van der Waals surface area contributed by atoms with E-state index >= 15 is 0 Å². The second-order valence-corrected chi connectivity index (χ2v) is 13.9. The molecule has 9 rings (SSSR count). The van der Waals surface area contributed by atoms with Gasteiger partial charge in [-0.25, -0.2) is 27.8 Å². The highest BCUT2D eigenvalue weighted by molar-refractivity contribution is 5.62. The summed E-state index contributed by atoms with van der Waals surface area (Å²) in [6.45, 7) is 8.52. The average Bonchev–Trinajstić information content (AvgIpc) is 3.96. The highest BCUT2D eigenvalue weighted by Crippen LogP contribution is 2.32. The molecular weight excluding hydrogens is 678 g/mol. The molecule has 53 heavy (non-hydrogen) atoms. The third-order valence-corrected chi connectivity index (χ3v) is 10.2. The van der Waals surface area contributed by atoms with Crippen LogP contribution in [0, 0.1) is 23.5 Å². The number of rotatable bonds is 6. The van der Waals surface area contributed by atoms with Crippen molar-refractivity contribution in [2.75, 3.05) is 26.2 Å². The van der Waals surface area contributed by atoms with Gasteiger partial charge in [-0.2, -0.15) is 10.2 Å². The summed E-state index contributed by atoms with van der Waals surface area (Å²) in [4.78, 5) is 41.7. The molecule has 270 valence electrons. The number of likely N-dealkylation sites (tertiary alicyclic amines) is 1. The lowest BCUT2D eigenvalue weighted by Gasteiger charge is -2.16. The van der Waals surface area contributed by atoms with Crippen molar-refractivity contribution in [3.8, 4) is 22.8 Å². The second kappa shape index (κ2) is 14.3. The number of nitrogens with zero attached hydrogens (tertiary/aromatic N) is 7. The van der Waals surface area contributed by atoms with Crippen LogP contribution in [0.25, 0.3) is 33.8 Å². The molecule has 2 aliphatic heterocycles. The van der Waals surface area contributed by atoms with E-state index in [1.807, 2.05) is 18.2 Å². The number of hydrogen-bond acceptors (Lipinski definition) is 8. The Labute approximate surface area is 302 Å². The van der Waals surface area contributed by atoms with Crippen LogP contribution in [-0.4, -0.2) is 70.2 Å². The molecule has 0 saturated carbocycles. The monoisotopic (exact) mass is 716 g/mol. The number of aromatic amines is 2. The smallest absolute Gasteiger partial charge is 0.276 e. The third-order valence-electron chi connectivity index (χ3n) is 10.2. The van der Waals surface area contributed by atoms with E-state index in [0.29, 0.717) is 57.3 Å². The average molecular weight is 717 g/mol. The maximum atomic E-state index is 14.3. The quantitative estimate of drug-likeness (QED) is 0.218. The molecule has 0 aliphatic carbocycles. The summed E-state index contributed by atoms with van der Waals surface area (Å²) in [5, 5.41) is 12.5. The molecule has 0 radical (unpaired) electrons. The molecule has 4 unspecified atom stereocenters. The number of benzene rings is 3. The first-order valence-corrected chi connectivity index (χ1v) is 17.7. The van der Waals surface area contributed by atoms with Crippen molar-refractivity contribution in [2.24, 2.45) is 11.8 Å². The molecule has 4 atom stereocenters. The number of aromatic nitrogens is 8. The van der Waals surface area contributed by atoms with Gasteiger partial charge in [0.15, 0.2) is 22.7 Å². The molecule has 2 saturated heterocycles. The van der Waals surface area contributed by atoms with Gasteiger partial charge < -0.3 is 15.3 Å². The van der Waals surface area contributed by atoms with Crippen LogP contribution in [-0.2, 0) is 6.54 Å². The zero-order valence-electron chi connectivity index (χ0n) is 29.2. The predicted molar refractivity (Wildman–Crippen MR) is 196 cm³/mol. The Morgan fingerprint density at radius 2 is 1.19 bits per heavy atom. The molecule has 4 aromatic heterocycles. The minimum absolute atomic E-state index is 0.0849. The van der Waals surface area contributed by atoms with Gasteiger partial charge in [0.2, 0.25) is 0 Å². The van der Waals surface area contributed by atoms with E-state index in [9.17, 15) is 18.4 Å². The Hall–Kier alpha value is -5.86. The molecule has 0 amide bonds. The van der Waals surface area contributed by atoms with Gasteiger partial charge in [-0.1, -0.05) is 68.4 Å². The lowest BCUT2D eigenvalue weighted by Crippen LogP contribution is -2.23. The number of fused-ring (bicyclic) bond motifs is 2. The topological polar surface area (TPSA) is 141 Å². The molecule has 3 N–H and O–H groups in total. The zero-order valence-corrected chi connectivity index (χ0v) is 29.2. The summed E-state index contributed by atoms with van der Waals surface area (Å²) < 4.78 is 31.3. The maximum Gasteiger partial charge on any atom is 0.276 e. The summed E-state index contributed by atoms with van der Waals surface area (Å²) in [5.41, 5.74) is 2.02. The van der Waals surface area contributed by atoms with Gasteiger partial charge >= 0.3 is 0 Å². The highest BCUT2D eigenvalue weighted by atomic mass is 19.1. The highest BCUT2D eigenvalue weighted by Gasteiger charge is 2.33. The van der Waals surface area contributed by atoms with Crippen LogP contribution < -0.4 is 16.4 Å². The van der Waals surface area contributed by atoms with E-state index in [1.165, 1.54) is 39.1 Å². The largest absolute Gasteiger partial charge is 0.316 e. The number of nitrogens with one attached hydrogen (secondary N) is 3. The minimum Gasteiger partial charge on any atom is -0.316 e. The van der Waals surface area contributed by atoms with Gasteiger partial charge in [0.25, 0.3) is 11.1 Å². The molecule has 2 fully saturated rings. The second-order valence-electron chi connectivity index (χ2n) is 13.9. The number of H-pyrrole nitrogens is 2. The van der Waals surface area contributed by atoms with Crippen LogP contribution in [0.15, 0.2) is 101 Å². The molecular formula is C39H38F2N10O2. The van der Waals surface area contributed by atoms with Crippen molar-refractivity contribution in [1.82, 2.24) is 49.4 Å². The van der Waals surface area contributed by atoms with Gasteiger partial charge in [-0.15, -0.1) is 0 Å². The van der Waals surface area contributed by atoms with E-state index in [1.54, 1.807) is 36.4 Å². The van der Waals surface area contributed by atoms with Gasteiger partial charge in [0.1, 0.15) is 23.3 Å². The Kier molecular flexibility index (Phi) is 9.22. The van der Waals surface area contributed by atoms with Crippen LogP contribution in [0.2, 0.25) is 0 Å². The molecule has 12 nitrogen and oxygen atoms in total. The van der Waals surface area contributed by atoms with E-state index in [0.717, 1.165) is 32.7 Å². The summed E-state index contributed by atoms with van der Waals surface area (Å²) in [5.74, 6) is 2.03. The first-order chi connectivity index (χ1) is 25.7. The summed E-state index contributed by atoms with van der Waals surface area (Å²) >= 11 is 0. The van der Waals surface area contributed by atoms with Crippen molar-refractivity contribution in [3.63, 3.8) is 0 Å². The lowest BCUT2D eigenvalue weighted by molar-refractivity contribution is 0.318. The third kappa shape index (κ3) is 6.66. The predicted octanol–water partition coefficient (Wildman–Crippen LogP) is 5.01. The lowest BCUT2D eigenvalue weighted by atomic mass is 9.97. The fourth-order valence-electron chi connectivity index (χ4n) is 7.39. The summed E-state index contributed by atoms with van der Waals surface area (Å²) in [6.07, 6.45) is 2.87. The fourth-order valence-corrected chi connectivity index (χ4v) is 7.39. The zero-order chi connectivity index (χ0) is 36.6. The van der Waals surface area contributed by atoms with E-state index < -0.39 is 5.82 Å². The van der Waals surface area contributed by atoms with E-state index in [4.69, 9.17) is 5.10 Å². The standard InChI is InChI=1S/C23H22FN5O.C16H16FN5O/c1-15-12-28(13-16-7-3-2-4-8-16)14-18(15)21-26-23(30)20-11-25-22(29(20)27-21)17-9-5-6-10-19(17)24;1-9-6-18-7-11(9)14-20-16(23)13-8-19-15(22(13)21-14)10-4-2-3-5-12(10)17/h2-11,15,18H,12-14H2,1H3,(H,26,27,30);2-5,8-9,11,18H,6-7H2,1H3,(H,20,21,23). The Balaban J connectivity index is 0.000000156. The molecule has 6 heterocycles. The van der Waals surface area contributed by atoms with Crippen LogP contribution >= 0.6 is 0 Å². The number of hydrogen-bond donors (Lipinski definition) is 3.